The molecule has 1 atom stereocenters. The van der Waals surface area contributed by atoms with Gasteiger partial charge in [0.15, 0.2) is 0 Å². The van der Waals surface area contributed by atoms with E-state index in [-0.39, 0.29) is 12.6 Å². The van der Waals surface area contributed by atoms with Gasteiger partial charge in [-0.1, -0.05) is 18.6 Å². The average molecular weight is 298 g/mol. The van der Waals surface area contributed by atoms with Crippen molar-refractivity contribution in [3.05, 3.63) is 29.3 Å². The molecule has 1 unspecified atom stereocenters. The number of hydrogen-bond acceptors (Lipinski definition) is 3. The molecule has 2 N–H and O–H groups in total. The third kappa shape index (κ3) is 3.31. The number of piperidine rings is 1. The topological polar surface area (TPSA) is 69.6 Å². The van der Waals surface area contributed by atoms with Gasteiger partial charge in [0.05, 0.1) is 12.3 Å². The largest absolute Gasteiger partial charge is 0.395 e. The second kappa shape index (κ2) is 6.11. The lowest BCUT2D eigenvalue weighted by molar-refractivity contribution is 0.156. The fourth-order valence-corrected chi connectivity index (χ4v) is 4.07. The number of hydrogen-bond donors (Lipinski definition) is 2. The summed E-state index contributed by atoms with van der Waals surface area (Å²) < 4.78 is 29.0. The lowest BCUT2D eigenvalue weighted by Gasteiger charge is -2.33. The summed E-state index contributed by atoms with van der Waals surface area (Å²) in [6.45, 7) is 4.13. The van der Waals surface area contributed by atoms with E-state index in [0.717, 1.165) is 24.0 Å². The SMILES string of the molecule is Cc1ccc(C)c(NS(=O)(=O)N2CCCCC2CO)c1. The Morgan fingerprint density at radius 1 is 1.35 bits per heavy atom. The molecule has 1 heterocycles. The Morgan fingerprint density at radius 3 is 2.80 bits per heavy atom. The number of aliphatic hydroxyl groups is 1. The minimum atomic E-state index is -3.61. The molecule has 0 spiro atoms. The highest BCUT2D eigenvalue weighted by Gasteiger charge is 2.32. The van der Waals surface area contributed by atoms with E-state index in [4.69, 9.17) is 0 Å². The highest BCUT2D eigenvalue weighted by molar-refractivity contribution is 7.90. The number of benzene rings is 1. The number of aryl methyl sites for hydroxylation is 2. The minimum absolute atomic E-state index is 0.131. The summed E-state index contributed by atoms with van der Waals surface area (Å²) in [5, 5.41) is 9.36. The summed E-state index contributed by atoms with van der Waals surface area (Å²) in [5.41, 5.74) is 2.50. The quantitative estimate of drug-likeness (QED) is 0.890. The average Bonchev–Trinajstić information content (AvgIpc) is 2.42. The fraction of sp³-hybridized carbons (Fsp3) is 0.571. The number of anilines is 1. The summed E-state index contributed by atoms with van der Waals surface area (Å²) >= 11 is 0. The van der Waals surface area contributed by atoms with Crippen LogP contribution in [0.5, 0.6) is 0 Å². The van der Waals surface area contributed by atoms with Crippen molar-refractivity contribution in [3.63, 3.8) is 0 Å². The third-order valence-corrected chi connectivity index (χ3v) is 5.30. The van der Waals surface area contributed by atoms with Gasteiger partial charge in [0.2, 0.25) is 0 Å². The molecule has 0 aromatic heterocycles. The Hall–Kier alpha value is -1.11. The smallest absolute Gasteiger partial charge is 0.301 e. The first-order chi connectivity index (χ1) is 9.44. The summed E-state index contributed by atoms with van der Waals surface area (Å²) in [5.74, 6) is 0. The molecule has 1 aliphatic rings. The van der Waals surface area contributed by atoms with Crippen molar-refractivity contribution in [2.24, 2.45) is 0 Å². The number of nitrogens with zero attached hydrogens (tertiary/aromatic N) is 1. The van der Waals surface area contributed by atoms with Gasteiger partial charge in [-0.05, 0) is 43.9 Å². The van der Waals surface area contributed by atoms with E-state index >= 15 is 0 Å². The molecule has 0 saturated carbocycles. The molecular weight excluding hydrogens is 276 g/mol. The maximum absolute atomic E-state index is 12.5. The van der Waals surface area contributed by atoms with Crippen molar-refractivity contribution in [2.45, 2.75) is 39.2 Å². The Bertz CT molecular complexity index is 572. The van der Waals surface area contributed by atoms with E-state index in [2.05, 4.69) is 4.72 Å². The first kappa shape index (κ1) is 15.3. The van der Waals surface area contributed by atoms with Gasteiger partial charge in [0.25, 0.3) is 0 Å². The van der Waals surface area contributed by atoms with Crippen molar-refractivity contribution in [1.82, 2.24) is 4.31 Å². The van der Waals surface area contributed by atoms with Crippen LogP contribution in [0.3, 0.4) is 0 Å². The molecule has 20 heavy (non-hydrogen) atoms. The minimum Gasteiger partial charge on any atom is -0.395 e. The molecule has 5 nitrogen and oxygen atoms in total. The first-order valence-electron chi connectivity index (χ1n) is 6.92. The molecule has 0 aliphatic carbocycles. The van der Waals surface area contributed by atoms with Crippen LogP contribution in [0.1, 0.15) is 30.4 Å². The molecular formula is C14H22N2O3S. The third-order valence-electron chi connectivity index (χ3n) is 3.72. The van der Waals surface area contributed by atoms with Gasteiger partial charge in [-0.15, -0.1) is 0 Å². The fourth-order valence-electron chi connectivity index (χ4n) is 2.52. The Labute approximate surface area is 120 Å². The van der Waals surface area contributed by atoms with Crippen LogP contribution >= 0.6 is 0 Å². The standard InChI is InChI=1S/C14H22N2O3S/c1-11-6-7-12(2)14(9-11)15-20(18,19)16-8-4-3-5-13(16)10-17/h6-7,9,13,15,17H,3-5,8,10H2,1-2H3. The van der Waals surface area contributed by atoms with Gasteiger partial charge in [0.1, 0.15) is 0 Å². The van der Waals surface area contributed by atoms with Gasteiger partial charge in [-0.2, -0.15) is 12.7 Å². The van der Waals surface area contributed by atoms with E-state index < -0.39 is 10.2 Å². The van der Waals surface area contributed by atoms with Crippen LogP contribution in [0.2, 0.25) is 0 Å². The van der Waals surface area contributed by atoms with Crippen molar-refractivity contribution in [2.75, 3.05) is 17.9 Å². The zero-order valence-corrected chi connectivity index (χ0v) is 12.8. The maximum atomic E-state index is 12.5. The van der Waals surface area contributed by atoms with E-state index in [1.165, 1.54) is 4.31 Å². The van der Waals surface area contributed by atoms with Gasteiger partial charge < -0.3 is 5.11 Å². The van der Waals surface area contributed by atoms with E-state index in [1.54, 1.807) is 0 Å². The van der Waals surface area contributed by atoms with Crippen LogP contribution in [0.4, 0.5) is 5.69 Å². The molecule has 112 valence electrons. The van der Waals surface area contributed by atoms with Crippen LogP contribution in [-0.2, 0) is 10.2 Å². The molecule has 1 fully saturated rings. The summed E-state index contributed by atoms with van der Waals surface area (Å²) in [6.07, 6.45) is 2.51. The van der Waals surface area contributed by atoms with Crippen molar-refractivity contribution in [3.8, 4) is 0 Å². The lowest BCUT2D eigenvalue weighted by Crippen LogP contribution is -2.48. The molecule has 1 saturated heterocycles. The first-order valence-corrected chi connectivity index (χ1v) is 8.36. The Balaban J connectivity index is 2.24. The number of rotatable bonds is 4. The lowest BCUT2D eigenvalue weighted by atomic mass is 10.1. The van der Waals surface area contributed by atoms with Crippen LogP contribution in [0, 0.1) is 13.8 Å². The molecule has 2 rings (SSSR count). The molecule has 6 heteroatoms. The number of aliphatic hydroxyl groups excluding tert-OH is 1. The van der Waals surface area contributed by atoms with Gasteiger partial charge in [0, 0.05) is 12.6 Å². The molecule has 0 amide bonds. The summed E-state index contributed by atoms with van der Waals surface area (Å²) in [4.78, 5) is 0. The maximum Gasteiger partial charge on any atom is 0.301 e. The molecule has 0 bridgehead atoms. The molecule has 1 aromatic carbocycles. The van der Waals surface area contributed by atoms with Crippen LogP contribution in [0.15, 0.2) is 18.2 Å². The van der Waals surface area contributed by atoms with Crippen molar-refractivity contribution < 1.29 is 13.5 Å². The van der Waals surface area contributed by atoms with Crippen molar-refractivity contribution in [1.29, 1.82) is 0 Å². The van der Waals surface area contributed by atoms with E-state index in [0.29, 0.717) is 18.7 Å². The summed E-state index contributed by atoms with van der Waals surface area (Å²) in [7, 11) is -3.61. The second-order valence-electron chi connectivity index (χ2n) is 5.37. The molecule has 1 aromatic rings. The van der Waals surface area contributed by atoms with Gasteiger partial charge >= 0.3 is 10.2 Å². The van der Waals surface area contributed by atoms with Crippen molar-refractivity contribution >= 4 is 15.9 Å². The number of nitrogens with one attached hydrogen (secondary N) is 1. The normalized spacial score (nSPS) is 20.9. The molecule has 0 radical (unpaired) electrons. The molecule has 1 aliphatic heterocycles. The second-order valence-corrected chi connectivity index (χ2v) is 6.99. The van der Waals surface area contributed by atoms with E-state index in [1.807, 2.05) is 32.0 Å². The Kier molecular flexibility index (Phi) is 4.67. The van der Waals surface area contributed by atoms with E-state index in [9.17, 15) is 13.5 Å². The monoisotopic (exact) mass is 298 g/mol. The van der Waals surface area contributed by atoms with Gasteiger partial charge in [-0.25, -0.2) is 0 Å². The zero-order valence-electron chi connectivity index (χ0n) is 12.0. The predicted molar refractivity (Wildman–Crippen MR) is 79.9 cm³/mol. The highest BCUT2D eigenvalue weighted by Crippen LogP contribution is 2.24. The Morgan fingerprint density at radius 2 is 2.10 bits per heavy atom. The summed E-state index contributed by atoms with van der Waals surface area (Å²) in [6, 6.07) is 5.36. The van der Waals surface area contributed by atoms with Crippen LogP contribution < -0.4 is 4.72 Å². The van der Waals surface area contributed by atoms with Crippen LogP contribution in [0.25, 0.3) is 0 Å². The van der Waals surface area contributed by atoms with Gasteiger partial charge in [-0.3, -0.25) is 4.72 Å². The zero-order chi connectivity index (χ0) is 14.8. The van der Waals surface area contributed by atoms with Crippen LogP contribution in [-0.4, -0.2) is 37.0 Å². The highest BCUT2D eigenvalue weighted by atomic mass is 32.2. The predicted octanol–water partition coefficient (Wildman–Crippen LogP) is 1.81.